The summed E-state index contributed by atoms with van der Waals surface area (Å²) in [4.78, 5) is 30.6. The Kier molecular flexibility index (Phi) is 6.42. The summed E-state index contributed by atoms with van der Waals surface area (Å²) in [5.74, 6) is 2.16. The van der Waals surface area contributed by atoms with Gasteiger partial charge in [-0.25, -0.2) is 9.97 Å². The number of aryl methyl sites for hydroxylation is 4. The number of amides is 1. The van der Waals surface area contributed by atoms with Crippen molar-refractivity contribution in [1.82, 2.24) is 14.9 Å². The van der Waals surface area contributed by atoms with E-state index >= 15 is 0 Å². The summed E-state index contributed by atoms with van der Waals surface area (Å²) in [6.07, 6.45) is 2.25. The third kappa shape index (κ3) is 4.80. The molecule has 5 nitrogen and oxygen atoms in total. The summed E-state index contributed by atoms with van der Waals surface area (Å²) in [7, 11) is 0. The second kappa shape index (κ2) is 9.61. The minimum atomic E-state index is 0.219. The molecule has 1 aliphatic rings. The number of piperazine rings is 1. The van der Waals surface area contributed by atoms with Gasteiger partial charge in [0.25, 0.3) is 0 Å². The van der Waals surface area contributed by atoms with Crippen molar-refractivity contribution in [2.45, 2.75) is 33.1 Å². The lowest BCUT2D eigenvalue weighted by atomic mass is 10.1. The molecule has 0 atom stereocenters. The van der Waals surface area contributed by atoms with Gasteiger partial charge in [0.05, 0.1) is 11.8 Å². The van der Waals surface area contributed by atoms with Gasteiger partial charge in [-0.15, -0.1) is 22.7 Å². The highest BCUT2D eigenvalue weighted by atomic mass is 32.1. The Morgan fingerprint density at radius 3 is 2.48 bits per heavy atom. The van der Waals surface area contributed by atoms with E-state index in [1.165, 1.54) is 21.4 Å². The minimum absolute atomic E-state index is 0.219. The molecule has 0 saturated carbocycles. The number of fused-ring (bicyclic) bond motifs is 1. The number of benzene rings is 1. The molecule has 0 spiro atoms. The number of hydrogen-bond acceptors (Lipinski definition) is 6. The first kappa shape index (κ1) is 22.0. The maximum atomic E-state index is 12.7. The van der Waals surface area contributed by atoms with Crippen LogP contribution in [-0.4, -0.2) is 47.0 Å². The Bertz CT molecular complexity index is 1240. The molecule has 3 aromatic heterocycles. The zero-order valence-corrected chi connectivity index (χ0v) is 20.7. The van der Waals surface area contributed by atoms with Gasteiger partial charge in [0.1, 0.15) is 16.5 Å². The third-order valence-electron chi connectivity index (χ3n) is 6.37. The van der Waals surface area contributed by atoms with E-state index in [2.05, 4.69) is 43.0 Å². The fourth-order valence-corrected chi connectivity index (χ4v) is 6.09. The van der Waals surface area contributed by atoms with Gasteiger partial charge in [0.2, 0.25) is 5.91 Å². The summed E-state index contributed by atoms with van der Waals surface area (Å²) in [5.41, 5.74) is 2.58. The first-order valence-electron chi connectivity index (χ1n) is 11.4. The summed E-state index contributed by atoms with van der Waals surface area (Å²) in [5, 5.41) is 3.21. The van der Waals surface area contributed by atoms with Crippen molar-refractivity contribution < 1.29 is 4.79 Å². The van der Waals surface area contributed by atoms with Gasteiger partial charge in [-0.2, -0.15) is 0 Å². The normalized spacial score (nSPS) is 14.2. The predicted molar refractivity (Wildman–Crippen MR) is 138 cm³/mol. The SMILES string of the molecule is Cc1sc2nc(CCc3ccccc3)nc(N3CCN(C(=O)Cc4cccs4)CC3)c2c1C. The van der Waals surface area contributed by atoms with E-state index in [1.54, 1.807) is 22.7 Å². The molecular formula is C26H28N4OS2. The highest BCUT2D eigenvalue weighted by Gasteiger charge is 2.25. The van der Waals surface area contributed by atoms with Crippen LogP contribution in [0.25, 0.3) is 10.2 Å². The standard InChI is InChI=1S/C26H28N4OS2/c1-18-19(2)33-26-24(18)25(27-22(28-26)11-10-20-7-4-3-5-8-20)30-14-12-29(13-15-30)23(31)17-21-9-6-16-32-21/h3-9,16H,10-15,17H2,1-2H3. The molecule has 0 radical (unpaired) electrons. The first-order valence-corrected chi connectivity index (χ1v) is 13.1. The smallest absolute Gasteiger partial charge is 0.227 e. The largest absolute Gasteiger partial charge is 0.352 e. The molecule has 4 heterocycles. The lowest BCUT2D eigenvalue weighted by Crippen LogP contribution is -2.49. The molecule has 1 aliphatic heterocycles. The van der Waals surface area contributed by atoms with Crippen LogP contribution in [0.2, 0.25) is 0 Å². The van der Waals surface area contributed by atoms with E-state index in [-0.39, 0.29) is 5.91 Å². The van der Waals surface area contributed by atoms with E-state index in [0.717, 1.165) is 60.4 Å². The van der Waals surface area contributed by atoms with Crippen LogP contribution < -0.4 is 4.90 Å². The van der Waals surface area contributed by atoms with Crippen LogP contribution in [0.5, 0.6) is 0 Å². The van der Waals surface area contributed by atoms with Gasteiger partial charge >= 0.3 is 0 Å². The fraction of sp³-hybridized carbons (Fsp3) is 0.346. The van der Waals surface area contributed by atoms with Crippen molar-refractivity contribution in [3.05, 3.63) is 74.6 Å². The van der Waals surface area contributed by atoms with Crippen LogP contribution in [-0.2, 0) is 24.1 Å². The minimum Gasteiger partial charge on any atom is -0.352 e. The quantitative estimate of drug-likeness (QED) is 0.391. The van der Waals surface area contributed by atoms with Crippen LogP contribution in [0, 0.1) is 13.8 Å². The lowest BCUT2D eigenvalue weighted by Gasteiger charge is -2.36. The zero-order chi connectivity index (χ0) is 22.8. The van der Waals surface area contributed by atoms with Crippen molar-refractivity contribution in [3.63, 3.8) is 0 Å². The average molecular weight is 477 g/mol. The topological polar surface area (TPSA) is 49.3 Å². The molecule has 4 aromatic rings. The van der Waals surface area contributed by atoms with Crippen LogP contribution in [0.3, 0.4) is 0 Å². The second-order valence-corrected chi connectivity index (χ2v) is 10.8. The molecule has 5 rings (SSSR count). The molecule has 1 fully saturated rings. The monoisotopic (exact) mass is 476 g/mol. The van der Waals surface area contributed by atoms with Crippen LogP contribution in [0.1, 0.15) is 26.7 Å². The van der Waals surface area contributed by atoms with Gasteiger partial charge in [-0.3, -0.25) is 4.79 Å². The number of hydrogen-bond donors (Lipinski definition) is 0. The second-order valence-electron chi connectivity index (χ2n) is 8.54. The molecular weight excluding hydrogens is 448 g/mol. The number of anilines is 1. The zero-order valence-electron chi connectivity index (χ0n) is 19.1. The third-order valence-corrected chi connectivity index (χ3v) is 8.35. The number of rotatable bonds is 6. The van der Waals surface area contributed by atoms with Crippen molar-refractivity contribution in [3.8, 4) is 0 Å². The average Bonchev–Trinajstić information content (AvgIpc) is 3.45. The fourth-order valence-electron chi connectivity index (χ4n) is 4.35. The van der Waals surface area contributed by atoms with Crippen LogP contribution in [0.4, 0.5) is 5.82 Å². The lowest BCUT2D eigenvalue weighted by molar-refractivity contribution is -0.130. The summed E-state index contributed by atoms with van der Waals surface area (Å²) >= 11 is 3.41. The number of nitrogens with zero attached hydrogens (tertiary/aromatic N) is 4. The van der Waals surface area contributed by atoms with E-state index in [9.17, 15) is 4.79 Å². The molecule has 0 aliphatic carbocycles. The van der Waals surface area contributed by atoms with E-state index in [0.29, 0.717) is 6.42 Å². The van der Waals surface area contributed by atoms with Crippen molar-refractivity contribution in [2.75, 3.05) is 31.1 Å². The molecule has 7 heteroatoms. The Morgan fingerprint density at radius 2 is 1.76 bits per heavy atom. The Balaban J connectivity index is 1.35. The summed E-state index contributed by atoms with van der Waals surface area (Å²) in [6.45, 7) is 7.40. The van der Waals surface area contributed by atoms with E-state index in [4.69, 9.17) is 9.97 Å². The Hall–Kier alpha value is -2.77. The maximum Gasteiger partial charge on any atom is 0.227 e. The van der Waals surface area contributed by atoms with Crippen LogP contribution in [0.15, 0.2) is 47.8 Å². The highest BCUT2D eigenvalue weighted by Crippen LogP contribution is 2.35. The predicted octanol–water partition coefficient (Wildman–Crippen LogP) is 5.05. The molecule has 170 valence electrons. The number of carbonyl (C=O) groups is 1. The van der Waals surface area contributed by atoms with E-state index in [1.807, 2.05) is 28.5 Å². The molecule has 0 N–H and O–H groups in total. The molecule has 33 heavy (non-hydrogen) atoms. The first-order chi connectivity index (χ1) is 16.1. The van der Waals surface area contributed by atoms with Gasteiger partial charge in [-0.1, -0.05) is 36.4 Å². The van der Waals surface area contributed by atoms with E-state index < -0.39 is 0 Å². The molecule has 0 bridgehead atoms. The van der Waals surface area contributed by atoms with Gasteiger partial charge in [-0.05, 0) is 42.8 Å². The van der Waals surface area contributed by atoms with Gasteiger partial charge in [0.15, 0.2) is 0 Å². The Morgan fingerprint density at radius 1 is 0.970 bits per heavy atom. The van der Waals surface area contributed by atoms with Crippen LogP contribution >= 0.6 is 22.7 Å². The van der Waals surface area contributed by atoms with Gasteiger partial charge < -0.3 is 9.80 Å². The maximum absolute atomic E-state index is 12.7. The molecule has 1 aromatic carbocycles. The number of aromatic nitrogens is 2. The number of thiophene rings is 2. The van der Waals surface area contributed by atoms with Gasteiger partial charge in [0, 0.05) is 42.4 Å². The van der Waals surface area contributed by atoms with Crippen molar-refractivity contribution in [2.24, 2.45) is 0 Å². The molecule has 1 saturated heterocycles. The highest BCUT2D eigenvalue weighted by molar-refractivity contribution is 7.18. The summed E-state index contributed by atoms with van der Waals surface area (Å²) < 4.78 is 0. The van der Waals surface area contributed by atoms with Crippen molar-refractivity contribution >= 4 is 44.6 Å². The number of carbonyl (C=O) groups excluding carboxylic acids is 1. The molecule has 1 amide bonds. The summed E-state index contributed by atoms with van der Waals surface area (Å²) in [6, 6.07) is 14.6. The Labute approximate surface area is 202 Å². The molecule has 0 unspecified atom stereocenters. The van der Waals surface area contributed by atoms with Crippen molar-refractivity contribution in [1.29, 1.82) is 0 Å².